The Kier molecular flexibility index (Phi) is 26.3. The summed E-state index contributed by atoms with van der Waals surface area (Å²) in [4.78, 5) is 21.6. The Morgan fingerprint density at radius 3 is 1.25 bits per heavy atom. The quantitative estimate of drug-likeness (QED) is 0.315. The van der Waals surface area contributed by atoms with Gasteiger partial charge in [-0.25, -0.2) is 4.57 Å². The van der Waals surface area contributed by atoms with Gasteiger partial charge in [0.1, 0.15) is 0 Å². The third-order valence-corrected chi connectivity index (χ3v) is 0. The second-order valence-corrected chi connectivity index (χ2v) is 1.54. The van der Waals surface area contributed by atoms with Gasteiger partial charge in [-0.2, -0.15) is 0 Å². The molecule has 0 aliphatic carbocycles. The van der Waals surface area contributed by atoms with Crippen molar-refractivity contribution in [2.75, 3.05) is 0 Å². The van der Waals surface area contributed by atoms with Gasteiger partial charge in [-0.15, -0.1) is 0 Å². The minimum absolute atomic E-state index is 0. The van der Waals surface area contributed by atoms with Crippen LogP contribution in [0.4, 0.5) is 0 Å². The van der Waals surface area contributed by atoms with Crippen molar-refractivity contribution in [1.82, 2.24) is 0 Å². The van der Waals surface area contributed by atoms with Gasteiger partial charge in [0.2, 0.25) is 0 Å². The summed E-state index contributed by atoms with van der Waals surface area (Å²) in [6, 6.07) is 0. The van der Waals surface area contributed by atoms with Crippen molar-refractivity contribution in [3.8, 4) is 0 Å². The van der Waals surface area contributed by atoms with Crippen LogP contribution in [0.5, 0.6) is 0 Å². The molecule has 3 N–H and O–H groups in total. The maximum absolute atomic E-state index is 8.88. The van der Waals surface area contributed by atoms with Crippen LogP contribution in [0.3, 0.4) is 0 Å². The van der Waals surface area contributed by atoms with E-state index < -0.39 is 7.82 Å². The average Bonchev–Trinajstić information content (AvgIpc) is 0.722. The van der Waals surface area contributed by atoms with Gasteiger partial charge >= 0.3 is 37.4 Å². The first kappa shape index (κ1) is 22.4. The van der Waals surface area contributed by atoms with E-state index in [1.54, 1.807) is 0 Å². The van der Waals surface area contributed by atoms with Crippen molar-refractivity contribution in [1.29, 1.82) is 0 Å². The van der Waals surface area contributed by atoms with Crippen molar-refractivity contribution in [3.05, 3.63) is 0 Å². The standard InChI is InChI=1S/Ag.Fe.Na.H3O4P.H/c;;;1-5(2,3)4;/h;;;(H3,1,2,3,4);/q;;+1;;-1. The van der Waals surface area contributed by atoms with Gasteiger partial charge in [0.25, 0.3) is 0 Å². The summed E-state index contributed by atoms with van der Waals surface area (Å²) in [5, 5.41) is 0. The Balaban J connectivity index is -0.0000000133. The summed E-state index contributed by atoms with van der Waals surface area (Å²) >= 11 is 0. The van der Waals surface area contributed by atoms with E-state index in [4.69, 9.17) is 19.2 Å². The first-order valence-corrected chi connectivity index (χ1v) is 2.35. The molecule has 8 heteroatoms. The topological polar surface area (TPSA) is 77.8 Å². The van der Waals surface area contributed by atoms with Crippen LogP contribution < -0.4 is 29.6 Å². The second kappa shape index (κ2) is 9.37. The molecule has 0 aromatic heterocycles. The molecule has 4 nitrogen and oxygen atoms in total. The summed E-state index contributed by atoms with van der Waals surface area (Å²) in [6.45, 7) is 0. The second-order valence-electron chi connectivity index (χ2n) is 0.513. The molecule has 0 aromatic carbocycles. The van der Waals surface area contributed by atoms with E-state index in [-0.39, 0.29) is 70.4 Å². The predicted molar refractivity (Wildman–Crippen MR) is 15.4 cm³/mol. The summed E-state index contributed by atoms with van der Waals surface area (Å²) in [7, 11) is -4.64. The van der Waals surface area contributed by atoms with E-state index in [0.29, 0.717) is 0 Å². The molecule has 0 saturated carbocycles. The van der Waals surface area contributed by atoms with Crippen LogP contribution >= 0.6 is 7.82 Å². The molecule has 0 fully saturated rings. The molecule has 0 heterocycles. The van der Waals surface area contributed by atoms with E-state index in [9.17, 15) is 0 Å². The Morgan fingerprint density at radius 1 is 1.25 bits per heavy atom. The van der Waals surface area contributed by atoms with Crippen LogP contribution in [-0.2, 0) is 44.0 Å². The maximum atomic E-state index is 8.88. The smallest absolute Gasteiger partial charge is 1.00 e. The number of rotatable bonds is 0. The van der Waals surface area contributed by atoms with Crippen molar-refractivity contribution < 1.29 is 89.7 Å². The molecule has 0 rings (SSSR count). The largest absolute Gasteiger partial charge is 1.00 e. The fourth-order valence-corrected chi connectivity index (χ4v) is 0. The van der Waals surface area contributed by atoms with Crippen LogP contribution in [0.25, 0.3) is 0 Å². The minimum Gasteiger partial charge on any atom is -1.00 e. The Morgan fingerprint density at radius 2 is 1.25 bits per heavy atom. The minimum atomic E-state index is -4.64. The van der Waals surface area contributed by atoms with Gasteiger partial charge in [-0.1, -0.05) is 0 Å². The Hall–Kier alpha value is 2.37. The molecule has 0 amide bonds. The van der Waals surface area contributed by atoms with Gasteiger partial charge in [-0.05, 0) is 0 Å². The third-order valence-electron chi connectivity index (χ3n) is 0. The maximum Gasteiger partial charge on any atom is 1.00 e. The number of hydrogen-bond acceptors (Lipinski definition) is 1. The number of phosphoric acid groups is 1. The molecule has 1 radical (unpaired) electrons. The van der Waals surface area contributed by atoms with Crippen LogP contribution in [0.2, 0.25) is 0 Å². The zero-order valence-electron chi connectivity index (χ0n) is 4.85. The predicted octanol–water partition coefficient (Wildman–Crippen LogP) is -3.82. The van der Waals surface area contributed by atoms with E-state index in [2.05, 4.69) is 0 Å². The van der Waals surface area contributed by atoms with E-state index in [0.717, 1.165) is 0 Å². The molecule has 0 aliphatic heterocycles. The molecular weight excluding hydrogens is 282 g/mol. The molecule has 0 bridgehead atoms. The first-order valence-electron chi connectivity index (χ1n) is 0.783. The van der Waals surface area contributed by atoms with Gasteiger partial charge in [-0.3, -0.25) is 0 Å². The molecule has 0 aromatic rings. The zero-order valence-corrected chi connectivity index (χ0v) is 9.33. The molecule has 8 heavy (non-hydrogen) atoms. The van der Waals surface area contributed by atoms with E-state index >= 15 is 0 Å². The SMILES string of the molecule is O=P(O)(O)O.[Ag].[Fe].[H-].[Na+]. The van der Waals surface area contributed by atoms with Gasteiger partial charge in [0, 0.05) is 39.4 Å². The first-order chi connectivity index (χ1) is 2.00. The fraction of sp³-hybridized carbons (Fsp3) is 0. The van der Waals surface area contributed by atoms with Crippen molar-refractivity contribution in [2.45, 2.75) is 0 Å². The zero-order chi connectivity index (χ0) is 4.50. The molecule has 0 spiro atoms. The molecule has 0 saturated heterocycles. The third kappa shape index (κ3) is 80.9. The fourth-order valence-electron chi connectivity index (χ4n) is 0. The van der Waals surface area contributed by atoms with Crippen LogP contribution in [0, 0.1) is 0 Å². The Labute approximate surface area is 96.4 Å². The normalized spacial score (nSPS) is 7.38. The van der Waals surface area contributed by atoms with E-state index in [1.807, 2.05) is 0 Å². The molecule has 0 aliphatic rings. The van der Waals surface area contributed by atoms with E-state index in [1.165, 1.54) is 0 Å². The van der Waals surface area contributed by atoms with Gasteiger partial charge < -0.3 is 16.1 Å². The number of hydrogen-bond donors (Lipinski definition) is 3. The van der Waals surface area contributed by atoms with Crippen LogP contribution in [0.15, 0.2) is 0 Å². The van der Waals surface area contributed by atoms with Gasteiger partial charge in [0.05, 0.1) is 0 Å². The van der Waals surface area contributed by atoms with Gasteiger partial charge in [0.15, 0.2) is 0 Å². The Bertz CT molecular complexity index is 66.7. The van der Waals surface area contributed by atoms with Crippen molar-refractivity contribution in [2.24, 2.45) is 0 Å². The average molecular weight is 286 g/mol. The van der Waals surface area contributed by atoms with Crippen molar-refractivity contribution in [3.63, 3.8) is 0 Å². The van der Waals surface area contributed by atoms with Crippen LogP contribution in [0.1, 0.15) is 1.43 Å². The summed E-state index contributed by atoms with van der Waals surface area (Å²) < 4.78 is 8.88. The van der Waals surface area contributed by atoms with Crippen LogP contribution in [-0.4, -0.2) is 14.7 Å². The monoisotopic (exact) mass is 285 g/mol. The molecule has 0 unspecified atom stereocenters. The summed E-state index contributed by atoms with van der Waals surface area (Å²) in [5.41, 5.74) is 0. The summed E-state index contributed by atoms with van der Waals surface area (Å²) in [6.07, 6.45) is 0. The summed E-state index contributed by atoms with van der Waals surface area (Å²) in [5.74, 6) is 0. The molecule has 53 valence electrons. The molecule has 0 atom stereocenters. The molecular formula is H4AgFeNaO4P. The van der Waals surface area contributed by atoms with Crippen molar-refractivity contribution >= 4 is 7.82 Å².